The summed E-state index contributed by atoms with van der Waals surface area (Å²) in [4.78, 5) is 58.8. The number of carbonyl (C=O) groups excluding carboxylic acids is 4. The van der Waals surface area contributed by atoms with Crippen LogP contribution >= 0.6 is 0 Å². The molecule has 14 nitrogen and oxygen atoms in total. The van der Waals surface area contributed by atoms with Crippen molar-refractivity contribution in [1.29, 1.82) is 0 Å². The van der Waals surface area contributed by atoms with Crippen LogP contribution in [0.15, 0.2) is 146 Å². The second kappa shape index (κ2) is 17.7. The largest absolute Gasteiger partial charge is 0.448 e. The number of esters is 2. The molecule has 0 unspecified atom stereocenters. The monoisotopic (exact) mass is 780 g/mol. The summed E-state index contributed by atoms with van der Waals surface area (Å²) in [6, 6.07) is 30.9. The summed E-state index contributed by atoms with van der Waals surface area (Å²) in [5.41, 5.74) is 3.57. The van der Waals surface area contributed by atoms with Gasteiger partial charge in [-0.3, -0.25) is 19.6 Å². The molecule has 0 fully saturated rings. The molecule has 0 amide bonds. The Morgan fingerprint density at radius 2 is 0.897 bits per heavy atom. The second-order valence-electron chi connectivity index (χ2n) is 12.5. The first-order valence-electron chi connectivity index (χ1n) is 17.6. The molecule has 0 saturated carbocycles. The molecule has 0 aliphatic rings. The predicted molar refractivity (Wildman–Crippen MR) is 203 cm³/mol. The van der Waals surface area contributed by atoms with Gasteiger partial charge in [-0.25, -0.2) is 27.7 Å². The molecule has 58 heavy (non-hydrogen) atoms. The van der Waals surface area contributed by atoms with E-state index in [0.717, 1.165) is 0 Å². The normalized spacial score (nSPS) is 11.9. The number of hydrogen-bond acceptors (Lipinski definition) is 12. The van der Waals surface area contributed by atoms with Crippen molar-refractivity contribution in [3.63, 3.8) is 0 Å². The smallest absolute Gasteiger partial charge is 0.340 e. The van der Waals surface area contributed by atoms with Crippen molar-refractivity contribution in [2.75, 3.05) is 0 Å². The highest BCUT2D eigenvalue weighted by Gasteiger charge is 2.28. The lowest BCUT2D eigenvalue weighted by molar-refractivity contribution is 0.0242. The Morgan fingerprint density at radius 1 is 0.500 bits per heavy atom. The summed E-state index contributed by atoms with van der Waals surface area (Å²) >= 11 is 0. The van der Waals surface area contributed by atoms with Crippen LogP contribution in [0.4, 0.5) is 8.78 Å². The van der Waals surface area contributed by atoms with E-state index >= 15 is 0 Å². The van der Waals surface area contributed by atoms with Crippen molar-refractivity contribution in [3.8, 4) is 0 Å². The third-order valence-electron chi connectivity index (χ3n) is 8.65. The minimum absolute atomic E-state index is 0.0390. The molecule has 288 valence electrons. The van der Waals surface area contributed by atoms with Crippen LogP contribution in [0.25, 0.3) is 22.1 Å². The van der Waals surface area contributed by atoms with Gasteiger partial charge in [0.15, 0.2) is 12.2 Å². The number of rotatable bonds is 12. The van der Waals surface area contributed by atoms with Crippen molar-refractivity contribution in [2.24, 2.45) is 0 Å². The molecule has 0 radical (unpaired) electrons. The van der Waals surface area contributed by atoms with Gasteiger partial charge in [-0.15, -0.1) is 10.2 Å². The van der Waals surface area contributed by atoms with E-state index in [2.05, 4.69) is 30.6 Å². The van der Waals surface area contributed by atoms with Gasteiger partial charge in [0.2, 0.25) is 11.6 Å². The number of nitrogens with zero attached hydrogens (tertiary/aromatic N) is 8. The lowest BCUT2D eigenvalue weighted by Crippen LogP contribution is -2.32. The van der Waals surface area contributed by atoms with Crippen LogP contribution in [0.3, 0.4) is 0 Å². The van der Waals surface area contributed by atoms with Gasteiger partial charge in [0.25, 0.3) is 0 Å². The summed E-state index contributed by atoms with van der Waals surface area (Å²) in [6.07, 6.45) is 3.40. The highest BCUT2D eigenvalue weighted by atomic mass is 19.1. The van der Waals surface area contributed by atoms with E-state index in [1.807, 2.05) is 24.3 Å². The average Bonchev–Trinajstić information content (AvgIpc) is 3.87. The average molecular weight is 781 g/mol. The Bertz CT molecular complexity index is 2510. The topological polar surface area (TPSA) is 174 Å². The number of Topliss-reactive ketones (excluding diaryl/α,β-unsaturated/α-hetero) is 2. The van der Waals surface area contributed by atoms with E-state index in [0.29, 0.717) is 22.1 Å². The van der Waals surface area contributed by atoms with Crippen LogP contribution in [0.1, 0.15) is 41.4 Å². The Kier molecular flexibility index (Phi) is 11.7. The molecule has 0 spiro atoms. The Labute approximate surface area is 327 Å². The van der Waals surface area contributed by atoms with E-state index in [-0.39, 0.29) is 35.3 Å². The van der Waals surface area contributed by atoms with Gasteiger partial charge in [-0.1, -0.05) is 34.7 Å². The van der Waals surface area contributed by atoms with E-state index in [9.17, 15) is 28.0 Å². The zero-order chi connectivity index (χ0) is 40.4. The second-order valence-corrected chi connectivity index (χ2v) is 12.5. The van der Waals surface area contributed by atoms with Crippen LogP contribution in [-0.4, -0.2) is 75.7 Å². The standard InChI is InChI=1S/2C21H15FN4O3/c2*22-16-9-7-14(8-10-16)20(27)19(29-21(28)15-4-3-11-23-12-15)13-26-18-6-2-1-5-17(18)24-25-26/h2*1-12,19H,13H2/t2*19-/m11/s1. The number of pyridine rings is 2. The third-order valence-corrected chi connectivity index (χ3v) is 8.65. The summed E-state index contributed by atoms with van der Waals surface area (Å²) in [6.45, 7) is -0.0779. The molecular formula is C42H30F2N8O6. The number of hydrogen-bond donors (Lipinski definition) is 0. The summed E-state index contributed by atoms with van der Waals surface area (Å²) in [7, 11) is 0. The van der Waals surface area contributed by atoms with Gasteiger partial charge in [0.1, 0.15) is 22.7 Å². The minimum atomic E-state index is -1.18. The molecule has 0 aliphatic heterocycles. The van der Waals surface area contributed by atoms with Crippen molar-refractivity contribution >= 4 is 45.6 Å². The van der Waals surface area contributed by atoms with Gasteiger partial charge in [0, 0.05) is 35.9 Å². The SMILES string of the molecule is O=C(O[C@H](Cn1nnc2ccccc21)C(=O)c1ccc(F)cc1)c1cccnc1.O=C(O[C@H](Cn1nnc2ccccc21)C(=O)c1ccc(F)cc1)c1cccnc1. The molecule has 8 aromatic rings. The molecule has 0 saturated heterocycles. The lowest BCUT2D eigenvalue weighted by Gasteiger charge is -2.17. The molecule has 0 bridgehead atoms. The van der Waals surface area contributed by atoms with Crippen molar-refractivity contribution < 1.29 is 37.4 Å². The van der Waals surface area contributed by atoms with Crippen molar-refractivity contribution in [2.45, 2.75) is 25.3 Å². The van der Waals surface area contributed by atoms with Crippen LogP contribution in [0.2, 0.25) is 0 Å². The third kappa shape index (κ3) is 9.14. The maximum absolute atomic E-state index is 13.2. The fourth-order valence-electron chi connectivity index (χ4n) is 5.73. The Balaban J connectivity index is 0.000000177. The van der Waals surface area contributed by atoms with Gasteiger partial charge in [0.05, 0.1) is 35.2 Å². The molecule has 2 atom stereocenters. The molecule has 0 aliphatic carbocycles. The number of ether oxygens (including phenoxy) is 2. The fourth-order valence-corrected chi connectivity index (χ4v) is 5.73. The number of fused-ring (bicyclic) bond motifs is 2. The molecule has 4 aromatic carbocycles. The highest BCUT2D eigenvalue weighted by molar-refractivity contribution is 6.02. The van der Waals surface area contributed by atoms with E-state index in [4.69, 9.17) is 9.47 Å². The van der Waals surface area contributed by atoms with E-state index in [1.165, 1.54) is 82.7 Å². The zero-order valence-corrected chi connectivity index (χ0v) is 30.2. The quantitative estimate of drug-likeness (QED) is 0.102. The van der Waals surface area contributed by atoms with Crippen molar-refractivity contribution in [1.82, 2.24) is 40.0 Å². The van der Waals surface area contributed by atoms with Gasteiger partial charge in [-0.2, -0.15) is 0 Å². The predicted octanol–water partition coefficient (Wildman–Crippen LogP) is 6.15. The van der Waals surface area contributed by atoms with Crippen molar-refractivity contribution in [3.05, 3.63) is 180 Å². The molecule has 16 heteroatoms. The Hall–Kier alpha value is -7.88. The number of carbonyl (C=O) groups is 4. The first-order chi connectivity index (χ1) is 28.2. The van der Waals surface area contributed by atoms with Gasteiger partial charge >= 0.3 is 11.9 Å². The first-order valence-corrected chi connectivity index (χ1v) is 17.6. The summed E-state index contributed by atoms with van der Waals surface area (Å²) in [5.74, 6) is -3.25. The molecule has 4 heterocycles. The van der Waals surface area contributed by atoms with Crippen LogP contribution in [0.5, 0.6) is 0 Å². The summed E-state index contributed by atoms with van der Waals surface area (Å²) in [5, 5.41) is 16.2. The van der Waals surface area contributed by atoms with Gasteiger partial charge in [-0.05, 0) is 97.1 Å². The maximum Gasteiger partial charge on any atom is 0.340 e. The number of halogens is 2. The number of para-hydroxylation sites is 2. The minimum Gasteiger partial charge on any atom is -0.448 e. The number of aromatic nitrogens is 8. The molecular weight excluding hydrogens is 751 g/mol. The zero-order valence-electron chi connectivity index (χ0n) is 30.2. The molecule has 4 aromatic heterocycles. The van der Waals surface area contributed by atoms with Crippen LogP contribution in [0, 0.1) is 11.6 Å². The molecule has 0 N–H and O–H groups in total. The lowest BCUT2D eigenvalue weighted by atomic mass is 10.1. The number of benzene rings is 4. The van der Waals surface area contributed by atoms with E-state index in [1.54, 1.807) is 48.5 Å². The molecule has 8 rings (SSSR count). The summed E-state index contributed by atoms with van der Waals surface area (Å²) < 4.78 is 40.5. The van der Waals surface area contributed by atoms with Crippen LogP contribution in [-0.2, 0) is 22.6 Å². The van der Waals surface area contributed by atoms with Gasteiger partial charge < -0.3 is 9.47 Å². The fraction of sp³-hybridized carbons (Fsp3) is 0.0952. The van der Waals surface area contributed by atoms with E-state index < -0.39 is 47.3 Å². The number of ketones is 2. The first kappa shape index (κ1) is 38.4. The maximum atomic E-state index is 13.2. The van der Waals surface area contributed by atoms with Crippen LogP contribution < -0.4 is 0 Å². The Morgan fingerprint density at radius 3 is 1.28 bits per heavy atom. The highest BCUT2D eigenvalue weighted by Crippen LogP contribution is 2.18.